The molecule has 1 fully saturated rings. The van der Waals surface area contributed by atoms with E-state index in [-0.39, 0.29) is 12.5 Å². The van der Waals surface area contributed by atoms with Crippen molar-refractivity contribution < 1.29 is 14.3 Å². The van der Waals surface area contributed by atoms with Crippen molar-refractivity contribution in [3.63, 3.8) is 0 Å². The summed E-state index contributed by atoms with van der Waals surface area (Å²) < 4.78 is 6.01. The summed E-state index contributed by atoms with van der Waals surface area (Å²) in [5.74, 6) is 0.893. The maximum Gasteiger partial charge on any atom is 0.289 e. The van der Waals surface area contributed by atoms with E-state index in [4.69, 9.17) is 9.52 Å². The third kappa shape index (κ3) is 3.36. The van der Waals surface area contributed by atoms with E-state index in [1.165, 1.54) is 6.26 Å². The molecule has 1 amide bonds. The predicted octanol–water partition coefficient (Wildman–Crippen LogP) is 2.67. The number of aliphatic hydroxyl groups excluding tert-OH is 1. The summed E-state index contributed by atoms with van der Waals surface area (Å²) in [6.45, 7) is 1.77. The monoisotopic (exact) mass is 315 g/mol. The molecule has 0 aliphatic carbocycles. The van der Waals surface area contributed by atoms with E-state index in [0.29, 0.717) is 11.7 Å². The van der Waals surface area contributed by atoms with Gasteiger partial charge in [0.05, 0.1) is 4.47 Å². The number of nitrogens with zero attached hydrogens (tertiary/aromatic N) is 1. The lowest BCUT2D eigenvalue weighted by molar-refractivity contribution is 0.0727. The Morgan fingerprint density at radius 3 is 3.00 bits per heavy atom. The fourth-order valence-corrected chi connectivity index (χ4v) is 2.72. The molecule has 4 nitrogen and oxygen atoms in total. The molecule has 18 heavy (non-hydrogen) atoms. The van der Waals surface area contributed by atoms with Crippen molar-refractivity contribution in [1.82, 2.24) is 4.90 Å². The van der Waals surface area contributed by atoms with Crippen LogP contribution in [0.15, 0.2) is 21.2 Å². The van der Waals surface area contributed by atoms with Crippen LogP contribution in [0.3, 0.4) is 0 Å². The number of carbonyl (C=O) groups excluding carboxylic acids is 1. The molecule has 0 aromatic carbocycles. The number of likely N-dealkylation sites (tertiary alicyclic amines) is 1. The molecule has 1 aromatic rings. The van der Waals surface area contributed by atoms with Crippen molar-refractivity contribution in [2.24, 2.45) is 5.92 Å². The highest BCUT2D eigenvalue weighted by Crippen LogP contribution is 2.22. The highest BCUT2D eigenvalue weighted by atomic mass is 79.9. The SMILES string of the molecule is O=C(c1cc(Br)co1)N1CCCC(CCO)CC1. The number of hydrogen-bond donors (Lipinski definition) is 1. The first-order valence-electron chi connectivity index (χ1n) is 6.35. The Balaban J connectivity index is 1.95. The molecule has 0 spiro atoms. The standard InChI is InChI=1S/C13H18BrNO3/c14-11-8-12(18-9-11)13(17)15-5-1-2-10(3-6-15)4-7-16/h8-10,16H,1-7H2. The molecule has 1 atom stereocenters. The second kappa shape index (κ2) is 6.38. The van der Waals surface area contributed by atoms with E-state index in [1.807, 2.05) is 4.90 Å². The molecule has 5 heteroatoms. The number of rotatable bonds is 3. The Labute approximate surface area is 115 Å². The van der Waals surface area contributed by atoms with Crippen LogP contribution in [0.1, 0.15) is 36.2 Å². The lowest BCUT2D eigenvalue weighted by Crippen LogP contribution is -2.31. The van der Waals surface area contributed by atoms with Crippen LogP contribution in [0.5, 0.6) is 0 Å². The summed E-state index contributed by atoms with van der Waals surface area (Å²) in [4.78, 5) is 14.0. The van der Waals surface area contributed by atoms with E-state index < -0.39 is 0 Å². The molecule has 0 bridgehead atoms. The molecule has 1 unspecified atom stereocenters. The van der Waals surface area contributed by atoms with E-state index in [1.54, 1.807) is 6.07 Å². The number of amides is 1. The summed E-state index contributed by atoms with van der Waals surface area (Å²) >= 11 is 3.28. The lowest BCUT2D eigenvalue weighted by atomic mass is 9.98. The maximum absolute atomic E-state index is 12.2. The topological polar surface area (TPSA) is 53.7 Å². The first-order chi connectivity index (χ1) is 8.70. The predicted molar refractivity (Wildman–Crippen MR) is 71.4 cm³/mol. The Hall–Kier alpha value is -0.810. The van der Waals surface area contributed by atoms with Gasteiger partial charge in [-0.2, -0.15) is 0 Å². The van der Waals surface area contributed by atoms with Gasteiger partial charge in [-0.1, -0.05) is 0 Å². The summed E-state index contributed by atoms with van der Waals surface area (Å²) in [6.07, 6.45) is 5.42. The molecule has 1 N–H and O–H groups in total. The smallest absolute Gasteiger partial charge is 0.289 e. The van der Waals surface area contributed by atoms with Gasteiger partial charge >= 0.3 is 0 Å². The minimum Gasteiger partial charge on any atom is -0.458 e. The van der Waals surface area contributed by atoms with Crippen LogP contribution in [0.2, 0.25) is 0 Å². The molecule has 1 aromatic heterocycles. The van der Waals surface area contributed by atoms with Gasteiger partial charge in [-0.05, 0) is 47.5 Å². The minimum atomic E-state index is -0.0367. The van der Waals surface area contributed by atoms with E-state index in [9.17, 15) is 4.79 Å². The van der Waals surface area contributed by atoms with Gasteiger partial charge in [0.25, 0.3) is 5.91 Å². The molecule has 0 saturated carbocycles. The molecule has 0 radical (unpaired) electrons. The molecule has 2 rings (SSSR count). The molecular weight excluding hydrogens is 298 g/mol. The van der Waals surface area contributed by atoms with Crippen molar-refractivity contribution >= 4 is 21.8 Å². The second-order valence-corrected chi connectivity index (χ2v) is 5.65. The van der Waals surface area contributed by atoms with Crippen LogP contribution in [0.25, 0.3) is 0 Å². The molecule has 1 aliphatic heterocycles. The first-order valence-corrected chi connectivity index (χ1v) is 7.14. The van der Waals surface area contributed by atoms with Crippen LogP contribution >= 0.6 is 15.9 Å². The number of halogens is 1. The molecule has 2 heterocycles. The van der Waals surface area contributed by atoms with Gasteiger partial charge in [0.1, 0.15) is 6.26 Å². The molecule has 1 aliphatic rings. The van der Waals surface area contributed by atoms with Gasteiger partial charge in [-0.15, -0.1) is 0 Å². The van der Waals surface area contributed by atoms with Crippen molar-refractivity contribution in [2.45, 2.75) is 25.7 Å². The summed E-state index contributed by atoms with van der Waals surface area (Å²) in [5, 5.41) is 8.97. The highest BCUT2D eigenvalue weighted by Gasteiger charge is 2.23. The second-order valence-electron chi connectivity index (χ2n) is 4.73. The third-order valence-electron chi connectivity index (χ3n) is 3.45. The van der Waals surface area contributed by atoms with Crippen LogP contribution in [0.4, 0.5) is 0 Å². The average molecular weight is 316 g/mol. The number of aliphatic hydroxyl groups is 1. The van der Waals surface area contributed by atoms with Crippen molar-refractivity contribution in [2.75, 3.05) is 19.7 Å². The zero-order valence-electron chi connectivity index (χ0n) is 10.3. The number of furan rings is 1. The van der Waals surface area contributed by atoms with Gasteiger partial charge in [-0.3, -0.25) is 4.79 Å². The summed E-state index contributed by atoms with van der Waals surface area (Å²) in [7, 11) is 0. The molecule has 1 saturated heterocycles. The van der Waals surface area contributed by atoms with Crippen LogP contribution < -0.4 is 0 Å². The largest absolute Gasteiger partial charge is 0.458 e. The van der Waals surface area contributed by atoms with Crippen LogP contribution in [-0.2, 0) is 0 Å². The van der Waals surface area contributed by atoms with E-state index in [2.05, 4.69) is 15.9 Å². The lowest BCUT2D eigenvalue weighted by Gasteiger charge is -2.19. The quantitative estimate of drug-likeness (QED) is 0.933. The Bertz CT molecular complexity index is 405. The van der Waals surface area contributed by atoms with Gasteiger partial charge < -0.3 is 14.4 Å². The van der Waals surface area contributed by atoms with E-state index >= 15 is 0 Å². The maximum atomic E-state index is 12.2. The fourth-order valence-electron chi connectivity index (χ4n) is 2.42. The Morgan fingerprint density at radius 1 is 1.50 bits per heavy atom. The van der Waals surface area contributed by atoms with Crippen LogP contribution in [0, 0.1) is 5.92 Å². The van der Waals surface area contributed by atoms with E-state index in [0.717, 1.165) is 43.2 Å². The minimum absolute atomic E-state index is 0.0367. The van der Waals surface area contributed by atoms with Crippen molar-refractivity contribution in [1.29, 1.82) is 0 Å². The van der Waals surface area contributed by atoms with Crippen molar-refractivity contribution in [3.8, 4) is 0 Å². The first kappa shape index (κ1) is 13.6. The number of hydrogen-bond acceptors (Lipinski definition) is 3. The van der Waals surface area contributed by atoms with Gasteiger partial charge in [-0.25, -0.2) is 0 Å². The highest BCUT2D eigenvalue weighted by molar-refractivity contribution is 9.10. The Kier molecular flexibility index (Phi) is 4.83. The normalized spacial score (nSPS) is 20.8. The van der Waals surface area contributed by atoms with Crippen LogP contribution in [-0.4, -0.2) is 35.6 Å². The zero-order valence-corrected chi connectivity index (χ0v) is 11.9. The molecule has 100 valence electrons. The van der Waals surface area contributed by atoms with Gasteiger partial charge in [0.2, 0.25) is 0 Å². The zero-order chi connectivity index (χ0) is 13.0. The van der Waals surface area contributed by atoms with Crippen molar-refractivity contribution in [3.05, 3.63) is 22.6 Å². The fraction of sp³-hybridized carbons (Fsp3) is 0.615. The molecular formula is C13H18BrNO3. The van der Waals surface area contributed by atoms with Gasteiger partial charge in [0, 0.05) is 25.8 Å². The third-order valence-corrected chi connectivity index (χ3v) is 3.87. The summed E-state index contributed by atoms with van der Waals surface area (Å²) in [5.41, 5.74) is 0. The summed E-state index contributed by atoms with van der Waals surface area (Å²) in [6, 6.07) is 1.71. The number of carbonyl (C=O) groups is 1. The average Bonchev–Trinajstić information content (AvgIpc) is 2.65. The van der Waals surface area contributed by atoms with Gasteiger partial charge in [0.15, 0.2) is 5.76 Å². The Morgan fingerprint density at radius 2 is 2.33 bits per heavy atom.